The summed E-state index contributed by atoms with van der Waals surface area (Å²) in [5, 5.41) is 0. The van der Waals surface area contributed by atoms with Crippen LogP contribution in [0.4, 0.5) is 0 Å². The van der Waals surface area contributed by atoms with Crippen LogP contribution in [0.3, 0.4) is 0 Å². The second kappa shape index (κ2) is 7.66. The fourth-order valence-electron chi connectivity index (χ4n) is 2.45. The predicted molar refractivity (Wildman–Crippen MR) is 95.8 cm³/mol. The van der Waals surface area contributed by atoms with Crippen molar-refractivity contribution in [2.45, 2.75) is 13.3 Å². The number of rotatable bonds is 6. The van der Waals surface area contributed by atoms with Gasteiger partial charge in [-0.3, -0.25) is 0 Å². The minimum Gasteiger partial charge on any atom is -0.496 e. The molecule has 0 amide bonds. The standard InChI is InChI=1S/C20H19NO4/c1-14-8-9-18(23-2)15(12-14)13-17-20(22)25-19(21-17)10-11-24-16-6-4-3-5-7-16/h3-9,12-13H,10-11H2,1-2H3/b17-13+. The molecule has 1 aliphatic heterocycles. The zero-order valence-corrected chi connectivity index (χ0v) is 14.2. The van der Waals surface area contributed by atoms with Gasteiger partial charge in [0.25, 0.3) is 0 Å². The van der Waals surface area contributed by atoms with E-state index < -0.39 is 5.97 Å². The Labute approximate surface area is 146 Å². The van der Waals surface area contributed by atoms with Crippen LogP contribution in [0.1, 0.15) is 17.5 Å². The Kier molecular flexibility index (Phi) is 5.14. The molecule has 128 valence electrons. The Morgan fingerprint density at radius 2 is 1.96 bits per heavy atom. The molecule has 1 heterocycles. The van der Waals surface area contributed by atoms with E-state index >= 15 is 0 Å². The van der Waals surface area contributed by atoms with E-state index in [0.29, 0.717) is 24.7 Å². The van der Waals surface area contributed by atoms with E-state index in [1.165, 1.54) is 0 Å². The van der Waals surface area contributed by atoms with Gasteiger partial charge in [-0.05, 0) is 37.3 Å². The molecule has 0 unspecified atom stereocenters. The third-order valence-corrected chi connectivity index (χ3v) is 3.67. The van der Waals surface area contributed by atoms with Gasteiger partial charge in [0, 0.05) is 5.56 Å². The normalized spacial score (nSPS) is 15.0. The monoisotopic (exact) mass is 337 g/mol. The number of carbonyl (C=O) groups excluding carboxylic acids is 1. The van der Waals surface area contributed by atoms with Crippen molar-refractivity contribution < 1.29 is 19.0 Å². The van der Waals surface area contributed by atoms with Crippen LogP contribution in [0.25, 0.3) is 6.08 Å². The van der Waals surface area contributed by atoms with Crippen LogP contribution in [-0.4, -0.2) is 25.6 Å². The second-order valence-electron chi connectivity index (χ2n) is 5.58. The molecule has 5 heteroatoms. The first-order valence-electron chi connectivity index (χ1n) is 7.99. The van der Waals surface area contributed by atoms with Crippen molar-refractivity contribution in [3.8, 4) is 11.5 Å². The zero-order chi connectivity index (χ0) is 17.6. The van der Waals surface area contributed by atoms with Crippen molar-refractivity contribution in [1.29, 1.82) is 0 Å². The van der Waals surface area contributed by atoms with Gasteiger partial charge in [0.2, 0.25) is 5.90 Å². The topological polar surface area (TPSA) is 57.1 Å². The Bertz CT molecular complexity index is 825. The van der Waals surface area contributed by atoms with Crippen molar-refractivity contribution in [1.82, 2.24) is 0 Å². The van der Waals surface area contributed by atoms with E-state index in [1.54, 1.807) is 13.2 Å². The minimum absolute atomic E-state index is 0.263. The quantitative estimate of drug-likeness (QED) is 0.595. The zero-order valence-electron chi connectivity index (χ0n) is 14.2. The lowest BCUT2D eigenvalue weighted by Crippen LogP contribution is -2.08. The molecule has 0 aromatic heterocycles. The van der Waals surface area contributed by atoms with Gasteiger partial charge in [0.05, 0.1) is 20.1 Å². The molecule has 0 fully saturated rings. The molecule has 2 aromatic rings. The predicted octanol–water partition coefficient (Wildman–Crippen LogP) is 3.77. The van der Waals surface area contributed by atoms with E-state index in [1.807, 2.05) is 55.5 Å². The van der Waals surface area contributed by atoms with E-state index in [0.717, 1.165) is 16.9 Å². The van der Waals surface area contributed by atoms with E-state index in [2.05, 4.69) is 4.99 Å². The Hall–Kier alpha value is -3.08. The van der Waals surface area contributed by atoms with Crippen LogP contribution < -0.4 is 9.47 Å². The molecule has 0 aliphatic carbocycles. The fourth-order valence-corrected chi connectivity index (χ4v) is 2.45. The van der Waals surface area contributed by atoms with Gasteiger partial charge in [-0.1, -0.05) is 29.8 Å². The maximum Gasteiger partial charge on any atom is 0.363 e. The average Bonchev–Trinajstić information content (AvgIpc) is 2.96. The highest BCUT2D eigenvalue weighted by molar-refractivity contribution is 6.07. The Morgan fingerprint density at radius 3 is 2.72 bits per heavy atom. The van der Waals surface area contributed by atoms with Gasteiger partial charge in [0.15, 0.2) is 5.70 Å². The Balaban J connectivity index is 1.69. The molecule has 0 spiro atoms. The molecular weight excluding hydrogens is 318 g/mol. The van der Waals surface area contributed by atoms with Gasteiger partial charge in [-0.2, -0.15) is 0 Å². The summed E-state index contributed by atoms with van der Waals surface area (Å²) in [6.45, 7) is 2.36. The number of methoxy groups -OCH3 is 1. The lowest BCUT2D eigenvalue weighted by atomic mass is 10.1. The van der Waals surface area contributed by atoms with Crippen LogP contribution in [0.15, 0.2) is 59.2 Å². The van der Waals surface area contributed by atoms with Crippen LogP contribution in [0, 0.1) is 6.92 Å². The third kappa shape index (κ3) is 4.26. The van der Waals surface area contributed by atoms with Crippen LogP contribution >= 0.6 is 0 Å². The molecule has 0 bridgehead atoms. The maximum absolute atomic E-state index is 12.0. The van der Waals surface area contributed by atoms with Crippen molar-refractivity contribution in [3.05, 3.63) is 65.4 Å². The van der Waals surface area contributed by atoms with Gasteiger partial charge in [-0.25, -0.2) is 9.79 Å². The van der Waals surface area contributed by atoms with Gasteiger partial charge < -0.3 is 14.2 Å². The SMILES string of the molecule is COc1ccc(C)cc1/C=C1/N=C(CCOc2ccccc2)OC1=O. The molecule has 0 atom stereocenters. The number of carbonyl (C=O) groups is 1. The van der Waals surface area contributed by atoms with Gasteiger partial charge in [-0.15, -0.1) is 0 Å². The average molecular weight is 337 g/mol. The lowest BCUT2D eigenvalue weighted by molar-refractivity contribution is -0.130. The lowest BCUT2D eigenvalue weighted by Gasteiger charge is -2.05. The molecule has 0 radical (unpaired) electrons. The first kappa shape index (κ1) is 16.8. The number of aliphatic imine (C=N–C) groups is 1. The molecule has 3 rings (SSSR count). The number of benzene rings is 2. The summed E-state index contributed by atoms with van der Waals surface area (Å²) in [5.41, 5.74) is 2.12. The smallest absolute Gasteiger partial charge is 0.363 e. The van der Waals surface area contributed by atoms with E-state index in [-0.39, 0.29) is 5.70 Å². The molecule has 0 saturated heterocycles. The maximum atomic E-state index is 12.0. The number of nitrogens with zero attached hydrogens (tertiary/aromatic N) is 1. The first-order valence-corrected chi connectivity index (χ1v) is 7.99. The summed E-state index contributed by atoms with van der Waals surface area (Å²) in [4.78, 5) is 16.3. The largest absolute Gasteiger partial charge is 0.496 e. The molecule has 2 aromatic carbocycles. The van der Waals surface area contributed by atoms with Crippen LogP contribution in [0.5, 0.6) is 11.5 Å². The van der Waals surface area contributed by atoms with Crippen molar-refractivity contribution in [3.63, 3.8) is 0 Å². The number of para-hydroxylation sites is 1. The first-order chi connectivity index (χ1) is 12.2. The highest BCUT2D eigenvalue weighted by atomic mass is 16.6. The number of ether oxygens (including phenoxy) is 3. The highest BCUT2D eigenvalue weighted by Crippen LogP contribution is 2.25. The van der Waals surface area contributed by atoms with E-state index in [4.69, 9.17) is 14.2 Å². The summed E-state index contributed by atoms with van der Waals surface area (Å²) in [7, 11) is 1.59. The number of aryl methyl sites for hydroxylation is 1. The minimum atomic E-state index is -0.460. The van der Waals surface area contributed by atoms with Crippen molar-refractivity contribution >= 4 is 17.9 Å². The summed E-state index contributed by atoms with van der Waals surface area (Å²) in [5.74, 6) is 1.35. The van der Waals surface area contributed by atoms with Crippen molar-refractivity contribution in [2.75, 3.05) is 13.7 Å². The highest BCUT2D eigenvalue weighted by Gasteiger charge is 2.23. The van der Waals surface area contributed by atoms with Gasteiger partial charge in [0.1, 0.15) is 11.5 Å². The van der Waals surface area contributed by atoms with Crippen molar-refractivity contribution in [2.24, 2.45) is 4.99 Å². The molecular formula is C20H19NO4. The Morgan fingerprint density at radius 1 is 1.16 bits per heavy atom. The summed E-state index contributed by atoms with van der Waals surface area (Å²) in [6.07, 6.45) is 2.10. The van der Waals surface area contributed by atoms with E-state index in [9.17, 15) is 4.79 Å². The number of hydrogen-bond donors (Lipinski definition) is 0. The number of cyclic esters (lactones) is 1. The van der Waals surface area contributed by atoms with Gasteiger partial charge >= 0.3 is 5.97 Å². The number of esters is 1. The number of hydrogen-bond acceptors (Lipinski definition) is 5. The summed E-state index contributed by atoms with van der Waals surface area (Å²) >= 11 is 0. The van der Waals surface area contributed by atoms with Crippen LogP contribution in [-0.2, 0) is 9.53 Å². The fraction of sp³-hybridized carbons (Fsp3) is 0.200. The molecule has 1 aliphatic rings. The molecule has 0 N–H and O–H groups in total. The van der Waals surface area contributed by atoms with Crippen LogP contribution in [0.2, 0.25) is 0 Å². The third-order valence-electron chi connectivity index (χ3n) is 3.67. The summed E-state index contributed by atoms with van der Waals surface area (Å²) < 4.78 is 16.1. The molecule has 25 heavy (non-hydrogen) atoms. The second-order valence-corrected chi connectivity index (χ2v) is 5.58. The molecule has 0 saturated carbocycles. The summed E-state index contributed by atoms with van der Waals surface area (Å²) in [6, 6.07) is 15.2. The molecule has 5 nitrogen and oxygen atoms in total.